The van der Waals surface area contributed by atoms with Crippen molar-refractivity contribution in [1.82, 2.24) is 6.15 Å². The third-order valence-corrected chi connectivity index (χ3v) is 3.64. The maximum absolute atomic E-state index is 11.0. The second-order valence-corrected chi connectivity index (χ2v) is 5.32. The zero-order valence-corrected chi connectivity index (χ0v) is 9.08. The van der Waals surface area contributed by atoms with E-state index in [-0.39, 0.29) is 35.7 Å². The molecule has 0 saturated heterocycles. The van der Waals surface area contributed by atoms with E-state index in [0.717, 1.165) is 0 Å². The quantitative estimate of drug-likeness (QED) is 0.603. The van der Waals surface area contributed by atoms with Gasteiger partial charge in [0, 0.05) is 0 Å². The molecule has 0 heterocycles. The first kappa shape index (κ1) is 17.5. The zero-order valence-electron chi connectivity index (χ0n) is 8.27. The molecular weight excluding hydrogens is 225 g/mol. The number of hydrogen-bond donors (Lipinski definition) is 2. The van der Waals surface area contributed by atoms with Gasteiger partial charge < -0.3 is 6.15 Å². The Bertz CT molecular complexity index is 389. The van der Waals surface area contributed by atoms with Crippen molar-refractivity contribution in [3.05, 3.63) is 35.9 Å². The molecule has 0 spiro atoms. The summed E-state index contributed by atoms with van der Waals surface area (Å²) in [5.41, 5.74) is 0.581. The summed E-state index contributed by atoms with van der Waals surface area (Å²) in [7, 11) is -4.06. The summed E-state index contributed by atoms with van der Waals surface area (Å²) < 4.78 is 29.7. The Morgan fingerprint density at radius 3 is 1.87 bits per heavy atom. The summed E-state index contributed by atoms with van der Waals surface area (Å²) in [4.78, 5) is 0. The summed E-state index contributed by atoms with van der Waals surface area (Å²) >= 11 is 0. The molecule has 0 radical (unpaired) electrons. The third-order valence-electron chi connectivity index (χ3n) is 2.11. The van der Waals surface area contributed by atoms with Crippen molar-refractivity contribution in [2.75, 3.05) is 0 Å². The second-order valence-electron chi connectivity index (χ2n) is 3.35. The van der Waals surface area contributed by atoms with E-state index in [9.17, 15) is 8.42 Å². The van der Waals surface area contributed by atoms with Gasteiger partial charge in [-0.25, -0.2) is 0 Å². The fraction of sp³-hybridized carbons (Fsp3) is 0.333. The van der Waals surface area contributed by atoms with Crippen LogP contribution in [-0.2, 0) is 14.9 Å². The molecule has 0 unspecified atom stereocenters. The van der Waals surface area contributed by atoms with Gasteiger partial charge in [0.2, 0.25) is 0 Å². The molecule has 4 nitrogen and oxygen atoms in total. The van der Waals surface area contributed by atoms with E-state index in [0.29, 0.717) is 5.56 Å². The molecule has 6 heteroatoms. The van der Waals surface area contributed by atoms with Gasteiger partial charge in [0.15, 0.2) is 0 Å². The molecular formula is C9H16NNaO3S. The summed E-state index contributed by atoms with van der Waals surface area (Å²) in [6.45, 7) is 2.94. The van der Waals surface area contributed by atoms with E-state index < -0.39 is 14.9 Å². The topological polar surface area (TPSA) is 89.4 Å². The molecule has 0 aliphatic heterocycles. The van der Waals surface area contributed by atoms with Gasteiger partial charge in [0.05, 0.1) is 0 Å². The fourth-order valence-electron chi connectivity index (χ4n) is 0.988. The normalized spacial score (nSPS) is 11.1. The van der Waals surface area contributed by atoms with Crippen LogP contribution in [-0.4, -0.2) is 42.5 Å². The molecule has 1 aromatic rings. The molecule has 0 atom stereocenters. The van der Waals surface area contributed by atoms with E-state index in [4.69, 9.17) is 4.55 Å². The van der Waals surface area contributed by atoms with Crippen molar-refractivity contribution < 1.29 is 13.0 Å². The first-order valence-corrected chi connectivity index (χ1v) is 5.32. The maximum atomic E-state index is 11.0. The predicted octanol–water partition coefficient (Wildman–Crippen LogP) is 1.32. The minimum absolute atomic E-state index is 0. The SMILES string of the molecule is CC(C)(c1ccccc1)S(=O)(=O)O.N.[NaH]. The zero-order chi connectivity index (χ0) is 10.1. The average molecular weight is 241 g/mol. The molecule has 0 aliphatic carbocycles. The molecule has 82 valence electrons. The van der Waals surface area contributed by atoms with Crippen LogP contribution in [0.25, 0.3) is 0 Å². The molecule has 0 bridgehead atoms. The molecule has 0 fully saturated rings. The van der Waals surface area contributed by atoms with Crippen molar-refractivity contribution in [1.29, 1.82) is 0 Å². The summed E-state index contributed by atoms with van der Waals surface area (Å²) in [6, 6.07) is 8.62. The van der Waals surface area contributed by atoms with Gasteiger partial charge in [-0.3, -0.25) is 4.55 Å². The number of hydrogen-bond acceptors (Lipinski definition) is 3. The van der Waals surface area contributed by atoms with E-state index in [2.05, 4.69) is 0 Å². The van der Waals surface area contributed by atoms with E-state index in [1.807, 2.05) is 0 Å². The molecule has 1 aromatic carbocycles. The van der Waals surface area contributed by atoms with Gasteiger partial charge in [-0.2, -0.15) is 8.42 Å². The monoisotopic (exact) mass is 241 g/mol. The molecule has 0 saturated carbocycles. The van der Waals surface area contributed by atoms with Gasteiger partial charge in [-0.15, -0.1) is 0 Å². The van der Waals surface area contributed by atoms with Crippen molar-refractivity contribution in [3.8, 4) is 0 Å². The standard InChI is InChI=1S/C9H12O3S.H3N.Na.H/c1-9(2,13(10,11)12)8-6-4-3-5-7-8;;;/h3-7H,1-2H3,(H,10,11,12);1H3;;. The molecule has 15 heavy (non-hydrogen) atoms. The predicted molar refractivity (Wildman–Crippen MR) is 63.2 cm³/mol. The Morgan fingerprint density at radius 2 is 1.53 bits per heavy atom. The van der Waals surface area contributed by atoms with Gasteiger partial charge in [-0.1, -0.05) is 30.3 Å². The Kier molecular flexibility index (Phi) is 6.97. The number of benzene rings is 1. The molecule has 0 aliphatic rings. The Labute approximate surface area is 113 Å². The van der Waals surface area contributed by atoms with Crippen LogP contribution >= 0.6 is 0 Å². The molecule has 4 N–H and O–H groups in total. The average Bonchev–Trinajstić information content (AvgIpc) is 2.04. The van der Waals surface area contributed by atoms with E-state index >= 15 is 0 Å². The van der Waals surface area contributed by atoms with Crippen LogP contribution in [0, 0.1) is 0 Å². The summed E-state index contributed by atoms with van der Waals surface area (Å²) in [6.07, 6.45) is 0. The van der Waals surface area contributed by atoms with Crippen molar-refractivity contribution in [2.45, 2.75) is 18.6 Å². The minimum atomic E-state index is -4.06. The number of rotatable bonds is 2. The second kappa shape index (κ2) is 5.98. The Balaban J connectivity index is 0. The van der Waals surface area contributed by atoms with Gasteiger partial charge in [0.25, 0.3) is 10.1 Å². The van der Waals surface area contributed by atoms with E-state index in [1.165, 1.54) is 13.8 Å². The fourth-order valence-corrected chi connectivity index (χ4v) is 1.42. The van der Waals surface area contributed by atoms with Crippen LogP contribution in [0.4, 0.5) is 0 Å². The van der Waals surface area contributed by atoms with Crippen LogP contribution in [0.3, 0.4) is 0 Å². The first-order chi connectivity index (χ1) is 5.86. The van der Waals surface area contributed by atoms with Crippen molar-refractivity contribution >= 4 is 39.7 Å². The molecule has 0 aromatic heterocycles. The van der Waals surface area contributed by atoms with Crippen LogP contribution in [0.1, 0.15) is 19.4 Å². The van der Waals surface area contributed by atoms with Gasteiger partial charge in [-0.05, 0) is 19.4 Å². The van der Waals surface area contributed by atoms with Crippen LogP contribution in [0.2, 0.25) is 0 Å². The summed E-state index contributed by atoms with van der Waals surface area (Å²) in [5, 5.41) is 0. The Morgan fingerprint density at radius 1 is 1.13 bits per heavy atom. The first-order valence-electron chi connectivity index (χ1n) is 3.88. The van der Waals surface area contributed by atoms with Gasteiger partial charge >= 0.3 is 29.6 Å². The third kappa shape index (κ3) is 3.86. The van der Waals surface area contributed by atoms with Crippen LogP contribution < -0.4 is 6.15 Å². The Hall–Kier alpha value is 0.0900. The molecule has 0 amide bonds. The molecule has 1 rings (SSSR count). The van der Waals surface area contributed by atoms with Gasteiger partial charge in [0.1, 0.15) is 4.75 Å². The summed E-state index contributed by atoms with van der Waals surface area (Å²) in [5.74, 6) is 0. The van der Waals surface area contributed by atoms with Crippen molar-refractivity contribution in [2.24, 2.45) is 0 Å². The van der Waals surface area contributed by atoms with E-state index in [1.54, 1.807) is 30.3 Å². The van der Waals surface area contributed by atoms with Crippen molar-refractivity contribution in [3.63, 3.8) is 0 Å². The van der Waals surface area contributed by atoms with Crippen LogP contribution in [0.15, 0.2) is 30.3 Å². The van der Waals surface area contributed by atoms with Crippen LogP contribution in [0.5, 0.6) is 0 Å².